The van der Waals surface area contributed by atoms with E-state index in [1.807, 2.05) is 30.3 Å². The van der Waals surface area contributed by atoms with E-state index in [4.69, 9.17) is 0 Å². The van der Waals surface area contributed by atoms with Gasteiger partial charge in [0.05, 0.1) is 5.69 Å². The number of alkyl halides is 3. The Balaban J connectivity index is 2.02. The summed E-state index contributed by atoms with van der Waals surface area (Å²) in [7, 11) is 0. The minimum Gasteiger partial charge on any atom is -0.404 e. The van der Waals surface area contributed by atoms with Gasteiger partial charge >= 0.3 is 6.36 Å². The molecule has 0 fully saturated rings. The Kier molecular flexibility index (Phi) is 5.12. The number of benzene rings is 2. The molecular formula is C15H13BrF3NO. The Morgan fingerprint density at radius 1 is 1.05 bits per heavy atom. The van der Waals surface area contributed by atoms with Crippen molar-refractivity contribution in [1.29, 1.82) is 0 Å². The zero-order valence-electron chi connectivity index (χ0n) is 11.0. The second-order valence-electron chi connectivity index (χ2n) is 4.35. The topological polar surface area (TPSA) is 21.3 Å². The van der Waals surface area contributed by atoms with E-state index >= 15 is 0 Å². The highest BCUT2D eigenvalue weighted by Crippen LogP contribution is 2.32. The lowest BCUT2D eigenvalue weighted by Gasteiger charge is -2.15. The van der Waals surface area contributed by atoms with E-state index in [9.17, 15) is 13.2 Å². The van der Waals surface area contributed by atoms with Gasteiger partial charge in [-0.1, -0.05) is 46.3 Å². The average Bonchev–Trinajstić information content (AvgIpc) is 2.41. The van der Waals surface area contributed by atoms with Crippen molar-refractivity contribution >= 4 is 21.6 Å². The van der Waals surface area contributed by atoms with E-state index in [-0.39, 0.29) is 5.75 Å². The molecule has 2 aromatic rings. The van der Waals surface area contributed by atoms with Crippen molar-refractivity contribution in [2.75, 3.05) is 11.9 Å². The van der Waals surface area contributed by atoms with Crippen LogP contribution in [0, 0.1) is 0 Å². The summed E-state index contributed by atoms with van der Waals surface area (Å²) in [5, 5.41) is 2.97. The molecule has 0 aromatic heterocycles. The van der Waals surface area contributed by atoms with Crippen LogP contribution in [0.3, 0.4) is 0 Å². The molecule has 1 N–H and O–H groups in total. The first-order valence-electron chi connectivity index (χ1n) is 6.27. The molecule has 0 bridgehead atoms. The SMILES string of the molecule is FC(F)(F)Oc1cc(Br)ccc1NCCc1ccccc1. The van der Waals surface area contributed by atoms with Crippen LogP contribution in [-0.4, -0.2) is 12.9 Å². The van der Waals surface area contributed by atoms with Gasteiger partial charge in [-0.2, -0.15) is 0 Å². The van der Waals surface area contributed by atoms with Crippen LogP contribution in [0.25, 0.3) is 0 Å². The number of rotatable bonds is 5. The van der Waals surface area contributed by atoms with Crippen LogP contribution in [0.4, 0.5) is 18.9 Å². The van der Waals surface area contributed by atoms with Gasteiger partial charge in [0, 0.05) is 11.0 Å². The fraction of sp³-hybridized carbons (Fsp3) is 0.200. The molecule has 2 aromatic carbocycles. The van der Waals surface area contributed by atoms with Crippen LogP contribution in [0.5, 0.6) is 5.75 Å². The van der Waals surface area contributed by atoms with E-state index in [2.05, 4.69) is 26.0 Å². The second kappa shape index (κ2) is 6.85. The molecule has 0 aliphatic heterocycles. The summed E-state index contributed by atoms with van der Waals surface area (Å²) in [5.41, 5.74) is 1.42. The van der Waals surface area contributed by atoms with Gasteiger partial charge in [0.1, 0.15) is 0 Å². The van der Waals surface area contributed by atoms with E-state index in [0.29, 0.717) is 23.1 Å². The molecule has 0 aliphatic carbocycles. The van der Waals surface area contributed by atoms with E-state index in [1.165, 1.54) is 6.07 Å². The van der Waals surface area contributed by atoms with Crippen molar-refractivity contribution in [2.24, 2.45) is 0 Å². The third kappa shape index (κ3) is 5.30. The minimum absolute atomic E-state index is 0.245. The predicted octanol–water partition coefficient (Wildman–Crippen LogP) is 5.00. The van der Waals surface area contributed by atoms with E-state index < -0.39 is 6.36 Å². The molecule has 6 heteroatoms. The smallest absolute Gasteiger partial charge is 0.404 e. The zero-order valence-corrected chi connectivity index (χ0v) is 12.5. The number of hydrogen-bond donors (Lipinski definition) is 1. The molecule has 0 radical (unpaired) electrons. The molecule has 21 heavy (non-hydrogen) atoms. The van der Waals surface area contributed by atoms with Crippen molar-refractivity contribution in [3.8, 4) is 5.75 Å². The molecule has 112 valence electrons. The maximum absolute atomic E-state index is 12.4. The highest BCUT2D eigenvalue weighted by atomic mass is 79.9. The molecule has 0 saturated carbocycles. The lowest BCUT2D eigenvalue weighted by Crippen LogP contribution is -2.18. The minimum atomic E-state index is -4.71. The van der Waals surface area contributed by atoms with Crippen molar-refractivity contribution in [2.45, 2.75) is 12.8 Å². The lowest BCUT2D eigenvalue weighted by molar-refractivity contribution is -0.274. The van der Waals surface area contributed by atoms with Crippen LogP contribution < -0.4 is 10.1 Å². The molecule has 0 saturated heterocycles. The molecule has 2 rings (SSSR count). The molecule has 0 aliphatic rings. The standard InChI is InChI=1S/C15H13BrF3NO/c16-12-6-7-13(14(10-12)21-15(17,18)19)20-9-8-11-4-2-1-3-5-11/h1-7,10,20H,8-9H2. The number of anilines is 1. The number of nitrogens with one attached hydrogen (secondary N) is 1. The Morgan fingerprint density at radius 2 is 1.76 bits per heavy atom. The van der Waals surface area contributed by atoms with Gasteiger partial charge in [0.2, 0.25) is 0 Å². The van der Waals surface area contributed by atoms with Crippen LogP contribution in [0.15, 0.2) is 53.0 Å². The molecule has 0 unspecified atom stereocenters. The van der Waals surface area contributed by atoms with Crippen LogP contribution in [0.1, 0.15) is 5.56 Å². The number of ether oxygens (including phenoxy) is 1. The first kappa shape index (κ1) is 15.7. The van der Waals surface area contributed by atoms with Crippen molar-refractivity contribution in [1.82, 2.24) is 0 Å². The van der Waals surface area contributed by atoms with Crippen LogP contribution in [-0.2, 0) is 6.42 Å². The summed E-state index contributed by atoms with van der Waals surface area (Å²) in [4.78, 5) is 0. The van der Waals surface area contributed by atoms with E-state index in [0.717, 1.165) is 5.56 Å². The van der Waals surface area contributed by atoms with Crippen molar-refractivity contribution in [3.63, 3.8) is 0 Å². The maximum Gasteiger partial charge on any atom is 0.573 e. The second-order valence-corrected chi connectivity index (χ2v) is 5.27. The van der Waals surface area contributed by atoms with Crippen LogP contribution >= 0.6 is 15.9 Å². The highest BCUT2D eigenvalue weighted by Gasteiger charge is 2.32. The largest absolute Gasteiger partial charge is 0.573 e. The summed E-state index contributed by atoms with van der Waals surface area (Å²) in [6.07, 6.45) is -4.00. The Bertz CT molecular complexity index is 587. The third-order valence-corrected chi connectivity index (χ3v) is 3.23. The van der Waals surface area contributed by atoms with Gasteiger partial charge in [0.15, 0.2) is 5.75 Å². The first-order valence-corrected chi connectivity index (χ1v) is 7.06. The fourth-order valence-electron chi connectivity index (χ4n) is 1.84. The van der Waals surface area contributed by atoms with Gasteiger partial charge in [-0.3, -0.25) is 0 Å². The van der Waals surface area contributed by atoms with Gasteiger partial charge < -0.3 is 10.1 Å². The monoisotopic (exact) mass is 359 g/mol. The number of halogens is 4. The molecule has 2 nitrogen and oxygen atoms in total. The summed E-state index contributed by atoms with van der Waals surface area (Å²) in [6.45, 7) is 0.514. The lowest BCUT2D eigenvalue weighted by atomic mass is 10.1. The molecule has 0 amide bonds. The molecular weight excluding hydrogens is 347 g/mol. The normalized spacial score (nSPS) is 11.2. The highest BCUT2D eigenvalue weighted by molar-refractivity contribution is 9.10. The summed E-state index contributed by atoms with van der Waals surface area (Å²) in [6, 6.07) is 14.2. The van der Waals surface area contributed by atoms with Gasteiger partial charge in [-0.15, -0.1) is 13.2 Å². The quantitative estimate of drug-likeness (QED) is 0.810. The number of hydrogen-bond acceptors (Lipinski definition) is 2. The Hall–Kier alpha value is -1.69. The molecule has 0 spiro atoms. The van der Waals surface area contributed by atoms with Gasteiger partial charge in [-0.05, 0) is 30.2 Å². The fourth-order valence-corrected chi connectivity index (χ4v) is 2.18. The predicted molar refractivity (Wildman–Crippen MR) is 79.5 cm³/mol. The van der Waals surface area contributed by atoms with Crippen molar-refractivity contribution in [3.05, 3.63) is 58.6 Å². The zero-order chi connectivity index (χ0) is 15.3. The van der Waals surface area contributed by atoms with Gasteiger partial charge in [0.25, 0.3) is 0 Å². The van der Waals surface area contributed by atoms with Gasteiger partial charge in [-0.25, -0.2) is 0 Å². The summed E-state index contributed by atoms with van der Waals surface area (Å²) >= 11 is 3.13. The maximum atomic E-state index is 12.4. The molecule has 0 atom stereocenters. The summed E-state index contributed by atoms with van der Waals surface area (Å²) in [5.74, 6) is -0.245. The Morgan fingerprint density at radius 3 is 2.43 bits per heavy atom. The van der Waals surface area contributed by atoms with Crippen molar-refractivity contribution < 1.29 is 17.9 Å². The first-order chi connectivity index (χ1) is 9.94. The molecule has 0 heterocycles. The average molecular weight is 360 g/mol. The Labute approximate surface area is 129 Å². The summed E-state index contributed by atoms with van der Waals surface area (Å²) < 4.78 is 41.7. The third-order valence-electron chi connectivity index (χ3n) is 2.74. The van der Waals surface area contributed by atoms with Crippen LogP contribution in [0.2, 0.25) is 0 Å². The van der Waals surface area contributed by atoms with E-state index in [1.54, 1.807) is 12.1 Å².